The average molecular weight is 264 g/mol. The molecular formula is C14H24N4O. The Bertz CT molecular complexity index is 445. The van der Waals surface area contributed by atoms with Crippen molar-refractivity contribution in [3.8, 4) is 0 Å². The summed E-state index contributed by atoms with van der Waals surface area (Å²) in [5.41, 5.74) is 9.07. The topological polar surface area (TPSA) is 86.2 Å². The van der Waals surface area contributed by atoms with E-state index in [1.807, 2.05) is 27.0 Å². The summed E-state index contributed by atoms with van der Waals surface area (Å²) in [5.74, 6) is 0.0576. The molecule has 0 amide bonds. The van der Waals surface area contributed by atoms with Crippen molar-refractivity contribution in [2.45, 2.75) is 33.1 Å². The van der Waals surface area contributed by atoms with Gasteiger partial charge in [-0.3, -0.25) is 10.4 Å². The zero-order valence-electron chi connectivity index (χ0n) is 12.0. The lowest BCUT2D eigenvalue weighted by molar-refractivity contribution is 0.283. The second-order valence-electron chi connectivity index (χ2n) is 4.86. The van der Waals surface area contributed by atoms with E-state index in [0.717, 1.165) is 48.4 Å². The van der Waals surface area contributed by atoms with Crippen LogP contribution >= 0.6 is 0 Å². The van der Waals surface area contributed by atoms with Gasteiger partial charge in [-0.2, -0.15) is 0 Å². The van der Waals surface area contributed by atoms with Crippen LogP contribution in [0.2, 0.25) is 0 Å². The van der Waals surface area contributed by atoms with Crippen molar-refractivity contribution in [1.82, 2.24) is 4.98 Å². The third-order valence-electron chi connectivity index (χ3n) is 3.14. The summed E-state index contributed by atoms with van der Waals surface area (Å²) in [4.78, 5) is 6.47. The minimum Gasteiger partial charge on any atom is -0.396 e. The maximum Gasteiger partial charge on any atom is 0.126 e. The van der Waals surface area contributed by atoms with Crippen molar-refractivity contribution >= 4 is 11.5 Å². The van der Waals surface area contributed by atoms with E-state index in [0.29, 0.717) is 0 Å². The van der Waals surface area contributed by atoms with E-state index in [-0.39, 0.29) is 12.4 Å². The molecule has 0 aliphatic carbocycles. The largest absolute Gasteiger partial charge is 0.396 e. The molecule has 0 aromatic carbocycles. The number of aliphatic hydroxyl groups excluding tert-OH is 1. The normalized spacial score (nSPS) is 10.5. The SMILES string of the molecule is Cc1cc(N(C)CCCCCO)c(C(=N)N)c(C)n1. The van der Waals surface area contributed by atoms with Gasteiger partial charge in [0.15, 0.2) is 0 Å². The van der Waals surface area contributed by atoms with Gasteiger partial charge in [0.1, 0.15) is 5.84 Å². The number of hydrogen-bond donors (Lipinski definition) is 3. The number of nitrogens with zero attached hydrogens (tertiary/aromatic N) is 2. The number of nitrogen functional groups attached to an aromatic ring is 1. The van der Waals surface area contributed by atoms with Crippen LogP contribution in [0.15, 0.2) is 6.07 Å². The minimum absolute atomic E-state index is 0.0576. The smallest absolute Gasteiger partial charge is 0.126 e. The van der Waals surface area contributed by atoms with Crippen LogP contribution in [0.4, 0.5) is 5.69 Å². The summed E-state index contributed by atoms with van der Waals surface area (Å²) in [5, 5.41) is 16.5. The van der Waals surface area contributed by atoms with Gasteiger partial charge in [-0.1, -0.05) is 0 Å². The number of hydrogen-bond acceptors (Lipinski definition) is 4. The maximum atomic E-state index is 8.77. The van der Waals surface area contributed by atoms with Gasteiger partial charge in [0.25, 0.3) is 0 Å². The molecule has 0 spiro atoms. The van der Waals surface area contributed by atoms with E-state index in [9.17, 15) is 0 Å². The van der Waals surface area contributed by atoms with Gasteiger partial charge >= 0.3 is 0 Å². The number of anilines is 1. The highest BCUT2D eigenvalue weighted by atomic mass is 16.2. The third kappa shape index (κ3) is 4.21. The number of nitrogens with one attached hydrogen (secondary N) is 1. The summed E-state index contributed by atoms with van der Waals surface area (Å²) in [6.45, 7) is 4.95. The van der Waals surface area contributed by atoms with Crippen LogP contribution in [0.3, 0.4) is 0 Å². The van der Waals surface area contributed by atoms with Crippen molar-refractivity contribution in [1.29, 1.82) is 5.41 Å². The Labute approximate surface area is 115 Å². The molecule has 1 heterocycles. The first-order valence-electron chi connectivity index (χ1n) is 6.62. The van der Waals surface area contributed by atoms with Gasteiger partial charge in [-0.05, 0) is 39.2 Å². The Balaban J connectivity index is 2.88. The Morgan fingerprint density at radius 2 is 2.05 bits per heavy atom. The molecule has 19 heavy (non-hydrogen) atoms. The molecule has 106 valence electrons. The molecule has 1 aromatic rings. The van der Waals surface area contributed by atoms with Crippen LogP contribution in [-0.4, -0.2) is 36.1 Å². The summed E-state index contributed by atoms with van der Waals surface area (Å²) >= 11 is 0. The average Bonchev–Trinajstić information content (AvgIpc) is 2.32. The fraction of sp³-hybridized carbons (Fsp3) is 0.571. The van der Waals surface area contributed by atoms with Crippen LogP contribution in [0.25, 0.3) is 0 Å². The van der Waals surface area contributed by atoms with E-state index in [1.54, 1.807) is 0 Å². The summed E-state index contributed by atoms with van der Waals surface area (Å²) in [6.07, 6.45) is 2.84. The number of aromatic nitrogens is 1. The van der Waals surface area contributed by atoms with Crippen LogP contribution in [0.5, 0.6) is 0 Å². The standard InChI is InChI=1S/C14H24N4O/c1-10-9-12(13(14(15)16)11(2)17-10)18(3)7-5-4-6-8-19/h9,19H,4-8H2,1-3H3,(H3,15,16). The third-order valence-corrected chi connectivity index (χ3v) is 3.14. The predicted molar refractivity (Wildman–Crippen MR) is 78.9 cm³/mol. The number of unbranched alkanes of at least 4 members (excludes halogenated alkanes) is 2. The molecule has 0 unspecified atom stereocenters. The van der Waals surface area contributed by atoms with Gasteiger partial charge in [0.05, 0.1) is 16.9 Å². The Hall–Kier alpha value is -1.62. The van der Waals surface area contributed by atoms with Gasteiger partial charge in [-0.15, -0.1) is 0 Å². The summed E-state index contributed by atoms with van der Waals surface area (Å²) in [7, 11) is 2.00. The molecule has 0 radical (unpaired) electrons. The van der Waals surface area contributed by atoms with Crippen LogP contribution in [0, 0.1) is 19.3 Å². The molecule has 0 saturated heterocycles. The Morgan fingerprint density at radius 1 is 1.37 bits per heavy atom. The fourth-order valence-corrected chi connectivity index (χ4v) is 2.20. The number of pyridine rings is 1. The first-order chi connectivity index (χ1) is 8.97. The lowest BCUT2D eigenvalue weighted by Gasteiger charge is -2.23. The second-order valence-corrected chi connectivity index (χ2v) is 4.86. The molecule has 0 aliphatic rings. The maximum absolute atomic E-state index is 8.77. The molecule has 4 N–H and O–H groups in total. The van der Waals surface area contributed by atoms with Crippen molar-refractivity contribution in [2.75, 3.05) is 25.1 Å². The highest BCUT2D eigenvalue weighted by Crippen LogP contribution is 2.23. The number of amidine groups is 1. The predicted octanol–water partition coefficient (Wildman–Crippen LogP) is 1.58. The second kappa shape index (κ2) is 7.09. The number of rotatable bonds is 7. The Kier molecular flexibility index (Phi) is 5.76. The van der Waals surface area contributed by atoms with Crippen LogP contribution in [-0.2, 0) is 0 Å². The van der Waals surface area contributed by atoms with E-state index >= 15 is 0 Å². The van der Waals surface area contributed by atoms with Crippen molar-refractivity contribution < 1.29 is 5.11 Å². The van der Waals surface area contributed by atoms with Gasteiger partial charge in [0.2, 0.25) is 0 Å². The van der Waals surface area contributed by atoms with Gasteiger partial charge < -0.3 is 15.7 Å². The van der Waals surface area contributed by atoms with E-state index in [1.165, 1.54) is 0 Å². The quantitative estimate of drug-likeness (QED) is 0.396. The van der Waals surface area contributed by atoms with Crippen LogP contribution in [0.1, 0.15) is 36.2 Å². The zero-order valence-corrected chi connectivity index (χ0v) is 12.0. The molecular weight excluding hydrogens is 240 g/mol. The minimum atomic E-state index is 0.0576. The molecule has 0 saturated carbocycles. The van der Waals surface area contributed by atoms with Crippen molar-refractivity contribution in [2.24, 2.45) is 5.73 Å². The van der Waals surface area contributed by atoms with Crippen molar-refractivity contribution in [3.05, 3.63) is 23.0 Å². The molecule has 5 heteroatoms. The molecule has 0 bridgehead atoms. The molecule has 1 rings (SSSR count). The Morgan fingerprint density at radius 3 is 2.63 bits per heavy atom. The van der Waals surface area contributed by atoms with E-state index < -0.39 is 0 Å². The molecule has 0 fully saturated rings. The van der Waals surface area contributed by atoms with Crippen molar-refractivity contribution in [3.63, 3.8) is 0 Å². The highest BCUT2D eigenvalue weighted by Gasteiger charge is 2.14. The highest BCUT2D eigenvalue weighted by molar-refractivity contribution is 6.01. The number of aryl methyl sites for hydroxylation is 2. The number of nitrogens with two attached hydrogens (primary N) is 1. The van der Waals surface area contributed by atoms with Gasteiger partial charge in [0, 0.05) is 25.9 Å². The molecule has 1 aromatic heterocycles. The lowest BCUT2D eigenvalue weighted by Crippen LogP contribution is -2.25. The summed E-state index contributed by atoms with van der Waals surface area (Å²) < 4.78 is 0. The van der Waals surface area contributed by atoms with E-state index in [2.05, 4.69) is 9.88 Å². The first-order valence-corrected chi connectivity index (χ1v) is 6.62. The lowest BCUT2D eigenvalue weighted by atomic mass is 10.1. The van der Waals surface area contributed by atoms with E-state index in [4.69, 9.17) is 16.2 Å². The van der Waals surface area contributed by atoms with Crippen LogP contribution < -0.4 is 10.6 Å². The summed E-state index contributed by atoms with van der Waals surface area (Å²) in [6, 6.07) is 1.97. The first kappa shape index (κ1) is 15.4. The fourth-order valence-electron chi connectivity index (χ4n) is 2.20. The van der Waals surface area contributed by atoms with Gasteiger partial charge in [-0.25, -0.2) is 0 Å². The zero-order chi connectivity index (χ0) is 14.4. The molecule has 5 nitrogen and oxygen atoms in total. The number of aliphatic hydroxyl groups is 1. The molecule has 0 aliphatic heterocycles. The molecule has 0 atom stereocenters. The monoisotopic (exact) mass is 264 g/mol.